The predicted molar refractivity (Wildman–Crippen MR) is 120 cm³/mol. The van der Waals surface area contributed by atoms with Gasteiger partial charge in [-0.2, -0.15) is 0 Å². The average molecular weight is 460 g/mol. The summed E-state index contributed by atoms with van der Waals surface area (Å²) in [6.45, 7) is 0.990. The number of rotatable bonds is 5. The number of carbonyl (C=O) groups is 1. The molecular formula is C21H25N5O5S. The van der Waals surface area contributed by atoms with Gasteiger partial charge in [-0.3, -0.25) is 18.7 Å². The first-order chi connectivity index (χ1) is 15.1. The van der Waals surface area contributed by atoms with Crippen molar-refractivity contribution in [3.05, 3.63) is 50.9 Å². The fourth-order valence-corrected chi connectivity index (χ4v) is 4.84. The summed E-state index contributed by atoms with van der Waals surface area (Å²) in [5.74, 6) is -0.0530. The van der Waals surface area contributed by atoms with Crippen molar-refractivity contribution in [2.45, 2.75) is 37.1 Å². The van der Waals surface area contributed by atoms with Crippen LogP contribution in [0.3, 0.4) is 0 Å². The third-order valence-electron chi connectivity index (χ3n) is 5.91. The van der Waals surface area contributed by atoms with E-state index in [9.17, 15) is 22.8 Å². The van der Waals surface area contributed by atoms with Gasteiger partial charge in [-0.1, -0.05) is 0 Å². The molecule has 3 heterocycles. The molecule has 0 saturated carbocycles. The number of fused-ring (bicyclic) bond motifs is 2. The molecule has 3 aromatic rings. The van der Waals surface area contributed by atoms with E-state index in [2.05, 4.69) is 4.98 Å². The molecule has 0 aliphatic carbocycles. The Bertz CT molecular complexity index is 1450. The molecule has 0 saturated heterocycles. The maximum Gasteiger partial charge on any atom is 0.332 e. The van der Waals surface area contributed by atoms with Gasteiger partial charge in [-0.05, 0) is 43.0 Å². The van der Waals surface area contributed by atoms with Crippen LogP contribution in [0.2, 0.25) is 0 Å². The van der Waals surface area contributed by atoms with Gasteiger partial charge in [0.05, 0.1) is 11.2 Å². The summed E-state index contributed by atoms with van der Waals surface area (Å²) in [5, 5.41) is 0. The van der Waals surface area contributed by atoms with Crippen molar-refractivity contribution in [1.29, 1.82) is 0 Å². The zero-order chi connectivity index (χ0) is 23.2. The zero-order valence-electron chi connectivity index (χ0n) is 18.2. The van der Waals surface area contributed by atoms with E-state index in [-0.39, 0.29) is 17.2 Å². The number of aromatic nitrogens is 4. The van der Waals surface area contributed by atoms with E-state index in [1.165, 1.54) is 30.3 Å². The Kier molecular flexibility index (Phi) is 5.53. The maximum absolute atomic E-state index is 12.9. The van der Waals surface area contributed by atoms with E-state index in [0.717, 1.165) is 28.7 Å². The van der Waals surface area contributed by atoms with Crippen LogP contribution >= 0.6 is 0 Å². The van der Waals surface area contributed by atoms with Crippen molar-refractivity contribution < 1.29 is 13.2 Å². The lowest BCUT2D eigenvalue weighted by atomic mass is 10.0. The highest BCUT2D eigenvalue weighted by Crippen LogP contribution is 2.30. The zero-order valence-corrected chi connectivity index (χ0v) is 19.1. The van der Waals surface area contributed by atoms with Crippen LogP contribution in [0.1, 0.15) is 24.8 Å². The lowest BCUT2D eigenvalue weighted by Gasteiger charge is -2.30. The molecule has 0 radical (unpaired) electrons. The second-order valence-electron chi connectivity index (χ2n) is 8.13. The summed E-state index contributed by atoms with van der Waals surface area (Å²) in [6.07, 6.45) is 4.93. The minimum absolute atomic E-state index is 0.0530. The third kappa shape index (κ3) is 3.77. The monoisotopic (exact) mass is 459 g/mol. The lowest BCUT2D eigenvalue weighted by Crippen LogP contribution is -2.37. The van der Waals surface area contributed by atoms with Crippen molar-refractivity contribution >= 4 is 32.6 Å². The summed E-state index contributed by atoms with van der Waals surface area (Å²) in [6, 6.07) is 4.90. The second kappa shape index (κ2) is 8.05. The normalized spacial score (nSPS) is 14.0. The highest BCUT2D eigenvalue weighted by Gasteiger charge is 2.24. The predicted octanol–water partition coefficient (Wildman–Crippen LogP) is 0.597. The minimum atomic E-state index is -3.30. The minimum Gasteiger partial charge on any atom is -0.325 e. The van der Waals surface area contributed by atoms with Gasteiger partial charge in [0.2, 0.25) is 5.91 Å². The molecule has 2 aromatic heterocycles. The van der Waals surface area contributed by atoms with Gasteiger partial charge in [0.25, 0.3) is 5.56 Å². The second-order valence-corrected chi connectivity index (χ2v) is 10.1. The fraction of sp³-hybridized carbons (Fsp3) is 0.429. The molecule has 0 spiro atoms. The van der Waals surface area contributed by atoms with Gasteiger partial charge in [0, 0.05) is 45.5 Å². The molecule has 10 nitrogen and oxygen atoms in total. The SMILES string of the molecule is Cn1c(=O)c2c(ncn2CCCC(=O)N2CCCc3cc(S(C)(=O)=O)ccc32)n(C)c1=O. The molecule has 0 bridgehead atoms. The van der Waals surface area contributed by atoms with Crippen LogP contribution in [-0.2, 0) is 41.7 Å². The van der Waals surface area contributed by atoms with Gasteiger partial charge in [-0.15, -0.1) is 0 Å². The van der Waals surface area contributed by atoms with E-state index in [1.54, 1.807) is 28.6 Å². The molecule has 170 valence electrons. The Labute approximate surface area is 184 Å². The average Bonchev–Trinajstić information content (AvgIpc) is 3.18. The molecule has 1 aliphatic heterocycles. The van der Waals surface area contributed by atoms with Crippen molar-refractivity contribution in [1.82, 2.24) is 18.7 Å². The van der Waals surface area contributed by atoms with Crippen molar-refractivity contribution in [3.8, 4) is 0 Å². The van der Waals surface area contributed by atoms with E-state index in [0.29, 0.717) is 30.7 Å². The van der Waals surface area contributed by atoms with Crippen molar-refractivity contribution in [3.63, 3.8) is 0 Å². The Morgan fingerprint density at radius 3 is 2.62 bits per heavy atom. The Hall–Kier alpha value is -3.21. The Morgan fingerprint density at radius 1 is 1.16 bits per heavy atom. The van der Waals surface area contributed by atoms with Crippen LogP contribution in [0.4, 0.5) is 5.69 Å². The third-order valence-corrected chi connectivity index (χ3v) is 7.02. The van der Waals surface area contributed by atoms with Crippen LogP contribution < -0.4 is 16.1 Å². The maximum atomic E-state index is 12.9. The van der Waals surface area contributed by atoms with Gasteiger partial charge >= 0.3 is 5.69 Å². The lowest BCUT2D eigenvalue weighted by molar-refractivity contribution is -0.118. The highest BCUT2D eigenvalue weighted by molar-refractivity contribution is 7.90. The smallest absolute Gasteiger partial charge is 0.325 e. The fourth-order valence-electron chi connectivity index (χ4n) is 4.17. The van der Waals surface area contributed by atoms with Crippen LogP contribution in [0.25, 0.3) is 11.2 Å². The molecule has 1 aromatic carbocycles. The number of aryl methyl sites for hydroxylation is 3. The molecule has 0 unspecified atom stereocenters. The summed E-state index contributed by atoms with van der Waals surface area (Å²) in [7, 11) is -0.316. The quantitative estimate of drug-likeness (QED) is 0.552. The largest absolute Gasteiger partial charge is 0.332 e. The molecule has 1 aliphatic rings. The highest BCUT2D eigenvalue weighted by atomic mass is 32.2. The van der Waals surface area contributed by atoms with Gasteiger partial charge in [0.1, 0.15) is 0 Å². The number of anilines is 1. The Morgan fingerprint density at radius 2 is 1.91 bits per heavy atom. The first-order valence-corrected chi connectivity index (χ1v) is 12.2. The number of hydrogen-bond donors (Lipinski definition) is 0. The number of sulfone groups is 1. The number of benzene rings is 1. The summed E-state index contributed by atoms with van der Waals surface area (Å²) >= 11 is 0. The van der Waals surface area contributed by atoms with Crippen LogP contribution in [-0.4, -0.2) is 45.8 Å². The summed E-state index contributed by atoms with van der Waals surface area (Å²) < 4.78 is 27.7. The van der Waals surface area contributed by atoms with E-state index >= 15 is 0 Å². The number of carbonyl (C=O) groups excluding carboxylic acids is 1. The molecular weight excluding hydrogens is 434 g/mol. The standard InChI is InChI=1S/C21H25N5O5S/c1-23-19-18(20(28)24(2)21(23)29)25(13-22-19)10-5-7-17(27)26-11-4-6-14-12-15(32(3,30)31)8-9-16(14)26/h8-9,12-13H,4-7,10-11H2,1-3H3. The molecule has 1 amide bonds. The number of amides is 1. The molecule has 32 heavy (non-hydrogen) atoms. The molecule has 0 atom stereocenters. The Balaban J connectivity index is 1.51. The molecule has 11 heteroatoms. The van der Waals surface area contributed by atoms with Crippen LogP contribution in [0.5, 0.6) is 0 Å². The first kappa shape index (κ1) is 22.0. The summed E-state index contributed by atoms with van der Waals surface area (Å²) in [5.41, 5.74) is 1.40. The molecule has 0 N–H and O–H groups in total. The topological polar surface area (TPSA) is 116 Å². The van der Waals surface area contributed by atoms with Crippen LogP contribution in [0.15, 0.2) is 39.0 Å². The van der Waals surface area contributed by atoms with Gasteiger partial charge in [-0.25, -0.2) is 18.2 Å². The number of nitrogens with zero attached hydrogens (tertiary/aromatic N) is 5. The molecule has 4 rings (SSSR count). The van der Waals surface area contributed by atoms with E-state index < -0.39 is 21.1 Å². The number of hydrogen-bond acceptors (Lipinski definition) is 6. The van der Waals surface area contributed by atoms with E-state index in [4.69, 9.17) is 0 Å². The number of imidazole rings is 1. The van der Waals surface area contributed by atoms with Crippen molar-refractivity contribution in [2.24, 2.45) is 14.1 Å². The van der Waals surface area contributed by atoms with Crippen LogP contribution in [0, 0.1) is 0 Å². The van der Waals surface area contributed by atoms with E-state index in [1.807, 2.05) is 0 Å². The summed E-state index contributed by atoms with van der Waals surface area (Å²) in [4.78, 5) is 43.7. The first-order valence-electron chi connectivity index (χ1n) is 10.3. The molecule has 0 fully saturated rings. The van der Waals surface area contributed by atoms with Gasteiger partial charge in [0.15, 0.2) is 21.0 Å². The van der Waals surface area contributed by atoms with Gasteiger partial charge < -0.3 is 9.47 Å². The van der Waals surface area contributed by atoms with Crippen molar-refractivity contribution in [2.75, 3.05) is 17.7 Å².